The van der Waals surface area contributed by atoms with Crippen LogP contribution in [-0.4, -0.2) is 42.8 Å². The van der Waals surface area contributed by atoms with E-state index in [4.69, 9.17) is 10.5 Å². The van der Waals surface area contributed by atoms with Crippen molar-refractivity contribution in [3.63, 3.8) is 0 Å². The fourth-order valence-corrected chi connectivity index (χ4v) is 4.84. The maximum absolute atomic E-state index is 12.8. The maximum atomic E-state index is 12.8. The van der Waals surface area contributed by atoms with Crippen molar-refractivity contribution in [1.82, 2.24) is 15.1 Å². The zero-order valence-electron chi connectivity index (χ0n) is 18.1. The Labute approximate surface area is 186 Å². The summed E-state index contributed by atoms with van der Waals surface area (Å²) >= 11 is 1.52. The van der Waals surface area contributed by atoms with E-state index >= 15 is 0 Å². The fraction of sp³-hybridized carbons (Fsp3) is 0.391. The average molecular weight is 445 g/mol. The quantitative estimate of drug-likeness (QED) is 0.566. The monoisotopic (exact) mass is 444 g/mol. The summed E-state index contributed by atoms with van der Waals surface area (Å²) in [7, 11) is 3.58. The van der Waals surface area contributed by atoms with Gasteiger partial charge in [0.05, 0.1) is 22.9 Å². The van der Waals surface area contributed by atoms with Crippen LogP contribution >= 0.6 is 11.3 Å². The number of methoxy groups -OCH3 is 1. The minimum absolute atomic E-state index is 0.0554. The Morgan fingerprint density at radius 2 is 2.26 bits per heavy atom. The number of carbonyl (C=O) groups is 1. The number of thiophene rings is 1. The second-order valence-electron chi connectivity index (χ2n) is 7.51. The largest absolute Gasteiger partial charge is 0.376 e. The molecule has 8 heteroatoms. The van der Waals surface area contributed by atoms with Crippen molar-refractivity contribution in [3.8, 4) is 11.3 Å². The highest BCUT2D eigenvalue weighted by Crippen LogP contribution is 2.41. The van der Waals surface area contributed by atoms with E-state index in [-0.39, 0.29) is 18.0 Å². The van der Waals surface area contributed by atoms with Crippen LogP contribution < -0.4 is 11.1 Å². The van der Waals surface area contributed by atoms with Crippen molar-refractivity contribution >= 4 is 17.6 Å². The standard InChI is InChI=1S/C13H14N2O2S.C10H15FN2/c1-8-6-14-15-4-3-11(17-2)13-10(12(8)15)5-9(7-16)18-13;1-13-10(7-12)6-8-3-2-4-9(11)5-8/h5-7,11H,3-4H2,1-2H3;2-5,10,13H,6-7,12H2,1H3. The number of carbonyl (C=O) groups excluding carboxylic acids is 1. The van der Waals surface area contributed by atoms with Gasteiger partial charge in [-0.25, -0.2) is 4.39 Å². The first-order valence-corrected chi connectivity index (χ1v) is 11.1. The summed E-state index contributed by atoms with van der Waals surface area (Å²) in [5.74, 6) is -0.190. The Bertz CT molecular complexity index is 1010. The van der Waals surface area contributed by atoms with Crippen LogP contribution in [0.25, 0.3) is 11.3 Å². The highest BCUT2D eigenvalue weighted by atomic mass is 32.1. The zero-order valence-corrected chi connectivity index (χ0v) is 18.9. The van der Waals surface area contributed by atoms with E-state index in [1.165, 1.54) is 17.4 Å². The van der Waals surface area contributed by atoms with Crippen molar-refractivity contribution < 1.29 is 13.9 Å². The third-order valence-electron chi connectivity index (χ3n) is 5.42. The Morgan fingerprint density at radius 1 is 1.45 bits per heavy atom. The van der Waals surface area contributed by atoms with E-state index in [0.29, 0.717) is 6.54 Å². The molecule has 2 atom stereocenters. The predicted octanol–water partition coefficient (Wildman–Crippen LogP) is 3.74. The minimum atomic E-state index is -0.190. The zero-order chi connectivity index (χ0) is 22.4. The van der Waals surface area contributed by atoms with E-state index in [1.54, 1.807) is 19.2 Å². The molecule has 1 aliphatic heterocycles. The summed E-state index contributed by atoms with van der Waals surface area (Å²) in [6.07, 6.45) is 4.49. The number of nitrogens with one attached hydrogen (secondary N) is 1. The molecule has 1 aliphatic rings. The highest BCUT2D eigenvalue weighted by molar-refractivity contribution is 7.14. The molecule has 6 nitrogen and oxygen atoms in total. The summed E-state index contributed by atoms with van der Waals surface area (Å²) in [4.78, 5) is 12.9. The first kappa shape index (κ1) is 23.3. The molecule has 0 bridgehead atoms. The molecule has 0 saturated heterocycles. The molecule has 1 aromatic carbocycles. The second-order valence-corrected chi connectivity index (χ2v) is 8.63. The molecule has 3 aromatic rings. The summed E-state index contributed by atoms with van der Waals surface area (Å²) in [5, 5.41) is 7.47. The number of rotatable bonds is 6. The number of fused-ring (bicyclic) bond motifs is 3. The van der Waals surface area contributed by atoms with E-state index in [9.17, 15) is 9.18 Å². The molecular weight excluding hydrogens is 415 g/mol. The number of benzene rings is 1. The van der Waals surface area contributed by atoms with Crippen LogP contribution in [0.15, 0.2) is 36.5 Å². The molecule has 31 heavy (non-hydrogen) atoms. The summed E-state index contributed by atoms with van der Waals surface area (Å²) < 4.78 is 20.3. The van der Waals surface area contributed by atoms with Crippen LogP contribution in [0, 0.1) is 12.7 Å². The number of halogens is 1. The van der Waals surface area contributed by atoms with Gasteiger partial charge in [0.25, 0.3) is 0 Å². The number of aryl methyl sites for hydroxylation is 2. The van der Waals surface area contributed by atoms with Gasteiger partial charge in [-0.2, -0.15) is 5.10 Å². The second kappa shape index (κ2) is 10.8. The normalized spacial score (nSPS) is 15.8. The smallest absolute Gasteiger partial charge is 0.160 e. The third kappa shape index (κ3) is 5.46. The molecule has 0 saturated carbocycles. The number of hydrogen-bond acceptors (Lipinski definition) is 6. The Kier molecular flexibility index (Phi) is 8.09. The summed E-state index contributed by atoms with van der Waals surface area (Å²) in [5.41, 5.74) is 9.85. The molecule has 0 fully saturated rings. The average Bonchev–Trinajstić information content (AvgIpc) is 3.32. The van der Waals surface area contributed by atoms with Crippen molar-refractivity contribution in [2.24, 2.45) is 5.73 Å². The number of aldehydes is 1. The van der Waals surface area contributed by atoms with Gasteiger partial charge in [0.15, 0.2) is 6.29 Å². The van der Waals surface area contributed by atoms with Gasteiger partial charge >= 0.3 is 0 Å². The van der Waals surface area contributed by atoms with Gasteiger partial charge in [0, 0.05) is 36.7 Å². The van der Waals surface area contributed by atoms with Crippen molar-refractivity contribution in [2.45, 2.75) is 38.5 Å². The SMILES string of the molecule is CNC(CN)Cc1cccc(F)c1.COC1CCn2ncc(C)c2-c2cc(C=O)sc21. The van der Waals surface area contributed by atoms with Crippen LogP contribution in [0.4, 0.5) is 4.39 Å². The lowest BCUT2D eigenvalue weighted by atomic mass is 10.1. The Balaban J connectivity index is 0.000000187. The Hall–Kier alpha value is -2.39. The number of nitrogens with two attached hydrogens (primary N) is 1. The highest BCUT2D eigenvalue weighted by Gasteiger charge is 2.26. The molecule has 3 heterocycles. The molecule has 2 aromatic heterocycles. The third-order valence-corrected chi connectivity index (χ3v) is 6.57. The molecule has 0 radical (unpaired) electrons. The topological polar surface area (TPSA) is 82.2 Å². The van der Waals surface area contributed by atoms with E-state index in [1.807, 2.05) is 37.0 Å². The van der Waals surface area contributed by atoms with Crippen molar-refractivity contribution in [2.75, 3.05) is 20.7 Å². The van der Waals surface area contributed by atoms with Gasteiger partial charge < -0.3 is 15.8 Å². The molecule has 166 valence electrons. The maximum Gasteiger partial charge on any atom is 0.160 e. The molecule has 0 aliphatic carbocycles. The van der Waals surface area contributed by atoms with Crippen LogP contribution in [-0.2, 0) is 17.7 Å². The molecule has 3 N–H and O–H groups in total. The summed E-state index contributed by atoms with van der Waals surface area (Å²) in [6.45, 7) is 3.46. The minimum Gasteiger partial charge on any atom is -0.376 e. The van der Waals surface area contributed by atoms with Gasteiger partial charge in [-0.05, 0) is 56.1 Å². The Morgan fingerprint density at radius 3 is 2.90 bits per heavy atom. The van der Waals surface area contributed by atoms with E-state index in [0.717, 1.165) is 57.8 Å². The lowest BCUT2D eigenvalue weighted by molar-refractivity contribution is 0.0955. The number of aromatic nitrogens is 2. The van der Waals surface area contributed by atoms with Crippen LogP contribution in [0.1, 0.15) is 38.2 Å². The number of likely N-dealkylation sites (N-methyl/N-ethyl adjacent to an activating group) is 1. The first-order valence-electron chi connectivity index (χ1n) is 10.3. The molecule has 2 unspecified atom stereocenters. The number of ether oxygens (including phenoxy) is 1. The van der Waals surface area contributed by atoms with Crippen LogP contribution in [0.5, 0.6) is 0 Å². The molecule has 0 spiro atoms. The number of hydrogen-bond donors (Lipinski definition) is 2. The number of nitrogens with zero attached hydrogens (tertiary/aromatic N) is 2. The van der Waals surface area contributed by atoms with Gasteiger partial charge in [0.1, 0.15) is 5.82 Å². The van der Waals surface area contributed by atoms with Gasteiger partial charge in [-0.3, -0.25) is 9.48 Å². The van der Waals surface area contributed by atoms with Crippen molar-refractivity contribution in [1.29, 1.82) is 0 Å². The van der Waals surface area contributed by atoms with Crippen LogP contribution in [0.2, 0.25) is 0 Å². The van der Waals surface area contributed by atoms with Crippen LogP contribution in [0.3, 0.4) is 0 Å². The molecule has 0 amide bonds. The first-order chi connectivity index (χ1) is 15.0. The lowest BCUT2D eigenvalue weighted by Crippen LogP contribution is -2.35. The molecular formula is C23H29FN4O2S. The fourth-order valence-electron chi connectivity index (χ4n) is 3.75. The lowest BCUT2D eigenvalue weighted by Gasteiger charge is -2.13. The van der Waals surface area contributed by atoms with Gasteiger partial charge in [-0.15, -0.1) is 11.3 Å². The van der Waals surface area contributed by atoms with Gasteiger partial charge in [-0.1, -0.05) is 12.1 Å². The molecule has 4 rings (SSSR count). The predicted molar refractivity (Wildman–Crippen MR) is 122 cm³/mol. The van der Waals surface area contributed by atoms with E-state index < -0.39 is 0 Å². The van der Waals surface area contributed by atoms with Crippen molar-refractivity contribution in [3.05, 3.63) is 63.2 Å². The van der Waals surface area contributed by atoms with E-state index in [2.05, 4.69) is 10.4 Å². The van der Waals surface area contributed by atoms with Gasteiger partial charge in [0.2, 0.25) is 0 Å². The summed E-state index contributed by atoms with van der Waals surface area (Å²) in [6, 6.07) is 8.78.